The van der Waals surface area contributed by atoms with E-state index in [4.69, 9.17) is 0 Å². The van der Waals surface area contributed by atoms with Crippen LogP contribution in [0.4, 0.5) is 4.39 Å². The number of fused-ring (bicyclic) bond motifs is 1. The summed E-state index contributed by atoms with van der Waals surface area (Å²) in [4.78, 5) is 13.7. The van der Waals surface area contributed by atoms with Crippen molar-refractivity contribution in [1.82, 2.24) is 9.21 Å². The standard InChI is InChI=1S/C16H21FN2O3S/c1-11-5-6-12(8-14(11)17)10-23(21,22)19-7-3-4-13-15(19)9-18(2)16(13)20/h5-6,8,13,15H,3-4,7,9-10H2,1-2H3/t13-,15-/m1/s1. The normalized spacial score (nSPS) is 25.7. The topological polar surface area (TPSA) is 57.7 Å². The van der Waals surface area contributed by atoms with E-state index < -0.39 is 15.8 Å². The molecule has 0 aliphatic carbocycles. The molecule has 2 aliphatic heterocycles. The zero-order chi connectivity index (χ0) is 16.8. The molecule has 0 saturated carbocycles. The Morgan fingerprint density at radius 1 is 1.35 bits per heavy atom. The highest BCUT2D eigenvalue weighted by Crippen LogP contribution is 2.33. The molecule has 0 radical (unpaired) electrons. The van der Waals surface area contributed by atoms with Gasteiger partial charge in [-0.2, -0.15) is 4.31 Å². The first-order valence-corrected chi connectivity index (χ1v) is 9.40. The number of halogens is 1. The van der Waals surface area contributed by atoms with Gasteiger partial charge in [0, 0.05) is 20.1 Å². The van der Waals surface area contributed by atoms with Crippen LogP contribution in [0, 0.1) is 18.7 Å². The fourth-order valence-electron chi connectivity index (χ4n) is 3.55. The molecule has 23 heavy (non-hydrogen) atoms. The van der Waals surface area contributed by atoms with E-state index in [9.17, 15) is 17.6 Å². The number of sulfonamides is 1. The van der Waals surface area contributed by atoms with Crippen molar-refractivity contribution in [1.29, 1.82) is 0 Å². The van der Waals surface area contributed by atoms with Crippen LogP contribution in [-0.4, -0.2) is 49.7 Å². The maximum absolute atomic E-state index is 13.7. The van der Waals surface area contributed by atoms with Crippen LogP contribution in [0.25, 0.3) is 0 Å². The smallest absolute Gasteiger partial charge is 0.227 e. The lowest BCUT2D eigenvalue weighted by Crippen LogP contribution is -2.49. The minimum atomic E-state index is -3.58. The van der Waals surface area contributed by atoms with Gasteiger partial charge in [-0.05, 0) is 37.0 Å². The highest BCUT2D eigenvalue weighted by atomic mass is 32.2. The fraction of sp³-hybridized carbons (Fsp3) is 0.562. The lowest BCUT2D eigenvalue weighted by Gasteiger charge is -2.34. The minimum Gasteiger partial charge on any atom is -0.344 e. The second-order valence-corrected chi connectivity index (χ2v) is 8.41. The number of likely N-dealkylation sites (tertiary alicyclic amines) is 1. The zero-order valence-electron chi connectivity index (χ0n) is 13.3. The van der Waals surface area contributed by atoms with Crippen molar-refractivity contribution in [3.63, 3.8) is 0 Å². The van der Waals surface area contributed by atoms with Crippen LogP contribution in [0.1, 0.15) is 24.0 Å². The Hall–Kier alpha value is -1.47. The molecular formula is C16H21FN2O3S. The largest absolute Gasteiger partial charge is 0.344 e. The predicted molar refractivity (Wildman–Crippen MR) is 84.6 cm³/mol. The van der Waals surface area contributed by atoms with Gasteiger partial charge in [0.05, 0.1) is 17.7 Å². The summed E-state index contributed by atoms with van der Waals surface area (Å²) in [7, 11) is -1.87. The summed E-state index contributed by atoms with van der Waals surface area (Å²) < 4.78 is 40.7. The molecule has 0 aromatic heterocycles. The number of amides is 1. The molecule has 5 nitrogen and oxygen atoms in total. The van der Waals surface area contributed by atoms with E-state index in [0.29, 0.717) is 30.6 Å². The molecule has 2 atom stereocenters. The van der Waals surface area contributed by atoms with E-state index in [1.807, 2.05) is 0 Å². The van der Waals surface area contributed by atoms with Gasteiger partial charge < -0.3 is 4.90 Å². The minimum absolute atomic E-state index is 0.0243. The summed E-state index contributed by atoms with van der Waals surface area (Å²) in [6.45, 7) is 2.51. The Morgan fingerprint density at radius 2 is 2.09 bits per heavy atom. The summed E-state index contributed by atoms with van der Waals surface area (Å²) in [6, 6.07) is 4.22. The number of carbonyl (C=O) groups excluding carboxylic acids is 1. The Bertz CT molecular complexity index is 735. The first-order valence-electron chi connectivity index (χ1n) is 7.79. The highest BCUT2D eigenvalue weighted by Gasteiger charge is 2.47. The Morgan fingerprint density at radius 3 is 2.78 bits per heavy atom. The maximum Gasteiger partial charge on any atom is 0.227 e. The molecule has 2 aliphatic rings. The highest BCUT2D eigenvalue weighted by molar-refractivity contribution is 7.88. The van der Waals surface area contributed by atoms with Crippen LogP contribution in [0.3, 0.4) is 0 Å². The average molecular weight is 340 g/mol. The number of hydrogen-bond acceptors (Lipinski definition) is 3. The Kier molecular flexibility index (Phi) is 4.18. The monoisotopic (exact) mass is 340 g/mol. The van der Waals surface area contributed by atoms with E-state index in [2.05, 4.69) is 0 Å². The van der Waals surface area contributed by atoms with Gasteiger partial charge in [0.1, 0.15) is 5.82 Å². The van der Waals surface area contributed by atoms with E-state index >= 15 is 0 Å². The summed E-state index contributed by atoms with van der Waals surface area (Å²) in [5.41, 5.74) is 0.931. The van der Waals surface area contributed by atoms with E-state index in [0.717, 1.165) is 6.42 Å². The SMILES string of the molecule is Cc1ccc(CS(=O)(=O)N2CCC[C@H]3C(=O)N(C)C[C@H]32)cc1F. The number of hydrogen-bond donors (Lipinski definition) is 0. The number of aryl methyl sites for hydroxylation is 1. The second kappa shape index (κ2) is 5.87. The molecule has 1 aromatic rings. The van der Waals surface area contributed by atoms with E-state index in [-0.39, 0.29) is 23.6 Å². The number of nitrogens with zero attached hydrogens (tertiary/aromatic N) is 2. The summed E-state index contributed by atoms with van der Waals surface area (Å²) in [5, 5.41) is 0. The summed E-state index contributed by atoms with van der Waals surface area (Å²) in [6.07, 6.45) is 1.42. The third-order valence-corrected chi connectivity index (χ3v) is 6.69. The molecule has 0 N–H and O–H groups in total. The van der Waals surface area contributed by atoms with E-state index in [1.165, 1.54) is 10.4 Å². The molecule has 7 heteroatoms. The van der Waals surface area contributed by atoms with Crippen LogP contribution in [-0.2, 0) is 20.6 Å². The van der Waals surface area contributed by atoms with Crippen molar-refractivity contribution in [3.05, 3.63) is 35.1 Å². The van der Waals surface area contributed by atoms with Gasteiger partial charge >= 0.3 is 0 Å². The van der Waals surface area contributed by atoms with Gasteiger partial charge in [-0.15, -0.1) is 0 Å². The third-order valence-electron chi connectivity index (χ3n) is 4.82. The van der Waals surface area contributed by atoms with Crippen LogP contribution >= 0.6 is 0 Å². The molecule has 3 rings (SSSR count). The molecule has 0 spiro atoms. The third kappa shape index (κ3) is 2.99. The molecule has 1 aromatic carbocycles. The zero-order valence-corrected chi connectivity index (χ0v) is 14.1. The molecule has 2 heterocycles. The molecular weight excluding hydrogens is 319 g/mol. The van der Waals surface area contributed by atoms with Crippen LogP contribution in [0.15, 0.2) is 18.2 Å². The van der Waals surface area contributed by atoms with Gasteiger partial charge in [0.2, 0.25) is 15.9 Å². The number of likely N-dealkylation sites (N-methyl/N-ethyl adjacent to an activating group) is 1. The van der Waals surface area contributed by atoms with Crippen molar-refractivity contribution in [3.8, 4) is 0 Å². The van der Waals surface area contributed by atoms with Gasteiger partial charge in [-0.3, -0.25) is 4.79 Å². The number of rotatable bonds is 3. The summed E-state index contributed by atoms with van der Waals surface area (Å²) >= 11 is 0. The van der Waals surface area contributed by atoms with Crippen LogP contribution < -0.4 is 0 Å². The molecule has 126 valence electrons. The van der Waals surface area contributed by atoms with Crippen molar-refractivity contribution < 1.29 is 17.6 Å². The van der Waals surface area contributed by atoms with Crippen molar-refractivity contribution in [2.45, 2.75) is 31.6 Å². The lowest BCUT2D eigenvalue weighted by molar-refractivity contribution is -0.130. The molecule has 0 unspecified atom stereocenters. The predicted octanol–water partition coefficient (Wildman–Crippen LogP) is 1.52. The quantitative estimate of drug-likeness (QED) is 0.838. The molecule has 1 amide bonds. The first-order chi connectivity index (χ1) is 10.8. The lowest BCUT2D eigenvalue weighted by atomic mass is 9.93. The molecule has 0 bridgehead atoms. The van der Waals surface area contributed by atoms with Gasteiger partial charge in [-0.25, -0.2) is 12.8 Å². The Balaban J connectivity index is 1.84. The average Bonchev–Trinajstić information content (AvgIpc) is 2.78. The van der Waals surface area contributed by atoms with E-state index in [1.54, 1.807) is 31.0 Å². The fourth-order valence-corrected chi connectivity index (χ4v) is 5.35. The number of benzene rings is 1. The van der Waals surface area contributed by atoms with Crippen molar-refractivity contribution in [2.75, 3.05) is 20.1 Å². The molecule has 2 fully saturated rings. The number of carbonyl (C=O) groups is 1. The van der Waals surface area contributed by atoms with Crippen LogP contribution in [0.2, 0.25) is 0 Å². The maximum atomic E-state index is 13.7. The van der Waals surface area contributed by atoms with Crippen molar-refractivity contribution in [2.24, 2.45) is 5.92 Å². The molecule has 2 saturated heterocycles. The Labute approximate surface area is 136 Å². The van der Waals surface area contributed by atoms with Crippen LogP contribution in [0.5, 0.6) is 0 Å². The first kappa shape index (κ1) is 16.4. The summed E-state index contributed by atoms with van der Waals surface area (Å²) in [5.74, 6) is -0.842. The van der Waals surface area contributed by atoms with Crippen molar-refractivity contribution >= 4 is 15.9 Å². The second-order valence-electron chi connectivity index (χ2n) is 6.49. The van der Waals surface area contributed by atoms with Gasteiger partial charge in [0.15, 0.2) is 0 Å². The van der Waals surface area contributed by atoms with Gasteiger partial charge in [0.25, 0.3) is 0 Å². The number of piperidine rings is 1. The van der Waals surface area contributed by atoms with Gasteiger partial charge in [-0.1, -0.05) is 12.1 Å².